The van der Waals surface area contributed by atoms with Crippen LogP contribution in [0.4, 0.5) is 4.79 Å². The molecule has 0 aromatic carbocycles. The Morgan fingerprint density at radius 3 is 1.59 bits per heavy atom. The molecule has 49 heavy (non-hydrogen) atoms. The molecule has 11 heteroatoms. The first-order chi connectivity index (χ1) is 23.4. The summed E-state index contributed by atoms with van der Waals surface area (Å²) in [5.74, 6) is -2.09. The molecule has 3 N–H and O–H groups in total. The minimum Gasteiger partial charge on any atom is -0.444 e. The third-order valence-electron chi connectivity index (χ3n) is 8.85. The third-order valence-corrected chi connectivity index (χ3v) is 8.85. The van der Waals surface area contributed by atoms with Crippen LogP contribution >= 0.6 is 0 Å². The quantitative estimate of drug-likeness (QED) is 0.0539. The number of ether oxygens (including phenoxy) is 1. The van der Waals surface area contributed by atoms with E-state index in [-0.39, 0.29) is 19.3 Å². The third kappa shape index (κ3) is 23.0. The fourth-order valence-electron chi connectivity index (χ4n) is 6.08. The summed E-state index contributed by atoms with van der Waals surface area (Å²) in [7, 11) is 0. The Morgan fingerprint density at radius 1 is 0.714 bits per heavy atom. The van der Waals surface area contributed by atoms with Gasteiger partial charge in [0.25, 0.3) is 11.8 Å². The predicted molar refractivity (Wildman–Crippen MR) is 192 cm³/mol. The molecule has 0 aliphatic carbocycles. The lowest BCUT2D eigenvalue weighted by atomic mass is 10.0. The van der Waals surface area contributed by atoms with E-state index in [0.29, 0.717) is 37.5 Å². The number of hydrogen-bond acceptors (Lipinski definition) is 9. The number of carbonyl (C=O) groups is 4. The fraction of sp³-hybridized carbons (Fsp3) is 0.895. The molecule has 1 aliphatic heterocycles. The van der Waals surface area contributed by atoms with E-state index in [2.05, 4.69) is 24.1 Å². The highest BCUT2D eigenvalue weighted by Gasteiger charge is 2.35. The molecule has 1 rings (SSSR count). The summed E-state index contributed by atoms with van der Waals surface area (Å²) in [6, 6.07) is -1.13. The Bertz CT molecular complexity index is 909. The fourth-order valence-corrected chi connectivity index (χ4v) is 6.08. The van der Waals surface area contributed by atoms with Crippen LogP contribution in [0.25, 0.3) is 0 Å². The maximum absolute atomic E-state index is 13.0. The van der Waals surface area contributed by atoms with E-state index in [1.807, 2.05) is 0 Å². The van der Waals surface area contributed by atoms with Gasteiger partial charge in [-0.25, -0.2) is 9.59 Å². The topological polar surface area (TPSA) is 146 Å². The highest BCUT2D eigenvalue weighted by Crippen LogP contribution is 2.17. The second kappa shape index (κ2) is 26.6. The molecule has 286 valence electrons. The minimum absolute atomic E-state index is 0.0260. The Morgan fingerprint density at radius 2 is 1.14 bits per heavy atom. The number of nitrogens with one attached hydrogen (secondary N) is 1. The number of aliphatic hydroxyl groups excluding tert-OH is 2. The van der Waals surface area contributed by atoms with Crippen molar-refractivity contribution in [1.82, 2.24) is 15.3 Å². The zero-order valence-electron chi connectivity index (χ0n) is 31.6. The van der Waals surface area contributed by atoms with Gasteiger partial charge in [0.15, 0.2) is 0 Å². The van der Waals surface area contributed by atoms with Crippen molar-refractivity contribution in [1.29, 1.82) is 0 Å². The highest BCUT2D eigenvalue weighted by atomic mass is 16.7. The number of hydroxylamine groups is 2. The van der Waals surface area contributed by atoms with Crippen LogP contribution in [0.1, 0.15) is 176 Å². The number of alkyl carbamates (subject to hydrolysis) is 1. The standard InChI is InChI=1S/C38H71N3O8/c1-6-8-10-12-14-16-18-20-24-32(43)30-40(29-31(42)23-19-17-15-13-11-9-7-2)28-22-21-25-33(39-37(47)48-38(3,4)5)36(46)49-41-34(44)26-27-35(41)45/h31-33,42-43H,6-30H2,1-5H3,(H,39,47)/t31-,32-,33+/m1/s1. The van der Waals surface area contributed by atoms with Crippen LogP contribution in [0.15, 0.2) is 0 Å². The van der Waals surface area contributed by atoms with Gasteiger partial charge in [-0.2, -0.15) is 0 Å². The lowest BCUT2D eigenvalue weighted by molar-refractivity contribution is -0.199. The summed E-state index contributed by atoms with van der Waals surface area (Å²) in [5, 5.41) is 24.8. The predicted octanol–water partition coefficient (Wildman–Crippen LogP) is 7.35. The molecule has 1 fully saturated rings. The molecule has 1 aliphatic rings. The SMILES string of the molecule is CCCCCCCCCC[C@@H](O)CN(CCCC[C@H](NC(=O)OC(C)(C)C)C(=O)ON1C(=O)CCC1=O)C[C@H](O)CCCCCCCCC. The Kier molecular flexibility index (Phi) is 24.3. The summed E-state index contributed by atoms with van der Waals surface area (Å²) in [6.07, 6.45) is 18.9. The molecule has 0 bridgehead atoms. The molecular formula is C38H71N3O8. The van der Waals surface area contributed by atoms with Crippen molar-refractivity contribution in [2.24, 2.45) is 0 Å². The minimum atomic E-state index is -1.13. The summed E-state index contributed by atoms with van der Waals surface area (Å²) in [4.78, 5) is 56.8. The molecule has 0 aromatic rings. The lowest BCUT2D eigenvalue weighted by Gasteiger charge is -2.28. The van der Waals surface area contributed by atoms with Gasteiger partial charge in [-0.3, -0.25) is 14.5 Å². The van der Waals surface area contributed by atoms with Gasteiger partial charge in [0, 0.05) is 25.9 Å². The van der Waals surface area contributed by atoms with Crippen molar-refractivity contribution in [2.45, 2.75) is 200 Å². The van der Waals surface area contributed by atoms with Crippen molar-refractivity contribution in [3.63, 3.8) is 0 Å². The normalized spacial score (nSPS) is 15.5. The first kappa shape index (κ1) is 44.8. The molecule has 3 atom stereocenters. The van der Waals surface area contributed by atoms with E-state index in [0.717, 1.165) is 38.5 Å². The van der Waals surface area contributed by atoms with Crippen LogP contribution in [0.2, 0.25) is 0 Å². The molecule has 3 amide bonds. The van der Waals surface area contributed by atoms with Gasteiger partial charge in [0.05, 0.1) is 12.2 Å². The summed E-state index contributed by atoms with van der Waals surface area (Å²) < 4.78 is 5.33. The number of imide groups is 1. The van der Waals surface area contributed by atoms with Crippen LogP contribution in [0.5, 0.6) is 0 Å². The van der Waals surface area contributed by atoms with Crippen LogP contribution in [0.3, 0.4) is 0 Å². The van der Waals surface area contributed by atoms with E-state index in [1.165, 1.54) is 70.6 Å². The molecule has 1 saturated heterocycles. The average molecular weight is 698 g/mol. The van der Waals surface area contributed by atoms with E-state index in [9.17, 15) is 29.4 Å². The number of carbonyl (C=O) groups excluding carboxylic acids is 4. The van der Waals surface area contributed by atoms with E-state index >= 15 is 0 Å². The molecule has 0 spiro atoms. The summed E-state index contributed by atoms with van der Waals surface area (Å²) in [5.41, 5.74) is -0.786. The Balaban J connectivity index is 2.71. The van der Waals surface area contributed by atoms with E-state index in [1.54, 1.807) is 20.8 Å². The number of amides is 3. The van der Waals surface area contributed by atoms with E-state index < -0.39 is 47.7 Å². The second-order valence-corrected chi connectivity index (χ2v) is 14.9. The van der Waals surface area contributed by atoms with Gasteiger partial charge in [0.1, 0.15) is 11.6 Å². The first-order valence-corrected chi connectivity index (χ1v) is 19.5. The van der Waals surface area contributed by atoms with Gasteiger partial charge < -0.3 is 25.1 Å². The van der Waals surface area contributed by atoms with Crippen molar-refractivity contribution in [2.75, 3.05) is 19.6 Å². The number of nitrogens with zero attached hydrogens (tertiary/aromatic N) is 2. The van der Waals surface area contributed by atoms with Crippen molar-refractivity contribution in [3.05, 3.63) is 0 Å². The molecular weight excluding hydrogens is 626 g/mol. The van der Waals surface area contributed by atoms with Crippen molar-refractivity contribution in [3.8, 4) is 0 Å². The van der Waals surface area contributed by atoms with Gasteiger partial charge in [0.2, 0.25) is 0 Å². The maximum Gasteiger partial charge on any atom is 0.408 e. The van der Waals surface area contributed by atoms with Crippen molar-refractivity contribution < 1.29 is 39.0 Å². The number of hydrogen-bond donors (Lipinski definition) is 3. The maximum atomic E-state index is 13.0. The largest absolute Gasteiger partial charge is 0.444 e. The van der Waals surface area contributed by atoms with Gasteiger partial charge in [-0.1, -0.05) is 110 Å². The van der Waals surface area contributed by atoms with E-state index in [4.69, 9.17) is 9.57 Å². The van der Waals surface area contributed by atoms with Gasteiger partial charge in [-0.05, 0) is 59.4 Å². The molecule has 0 radical (unpaired) electrons. The number of aliphatic hydroxyl groups is 2. The number of rotatable bonds is 29. The summed E-state index contributed by atoms with van der Waals surface area (Å²) >= 11 is 0. The van der Waals surface area contributed by atoms with Crippen LogP contribution in [-0.4, -0.2) is 87.5 Å². The van der Waals surface area contributed by atoms with Gasteiger partial charge in [-0.15, -0.1) is 5.06 Å². The smallest absolute Gasteiger partial charge is 0.408 e. The average Bonchev–Trinajstić information content (AvgIpc) is 3.34. The van der Waals surface area contributed by atoms with Crippen LogP contribution < -0.4 is 5.32 Å². The molecule has 0 aromatic heterocycles. The first-order valence-electron chi connectivity index (χ1n) is 19.5. The van der Waals surface area contributed by atoms with Gasteiger partial charge >= 0.3 is 12.1 Å². The second-order valence-electron chi connectivity index (χ2n) is 14.9. The van der Waals surface area contributed by atoms with Crippen LogP contribution in [-0.2, 0) is 24.0 Å². The zero-order chi connectivity index (χ0) is 36.5. The summed E-state index contributed by atoms with van der Waals surface area (Å²) in [6.45, 7) is 11.1. The molecule has 0 saturated carbocycles. The molecule has 0 unspecified atom stereocenters. The Labute approximate surface area is 297 Å². The zero-order valence-corrected chi connectivity index (χ0v) is 31.6. The monoisotopic (exact) mass is 698 g/mol. The highest BCUT2D eigenvalue weighted by molar-refractivity contribution is 6.01. The Hall–Kier alpha value is -2.24. The van der Waals surface area contributed by atoms with Crippen molar-refractivity contribution >= 4 is 23.9 Å². The lowest BCUT2D eigenvalue weighted by Crippen LogP contribution is -2.47. The molecule has 1 heterocycles. The molecule has 11 nitrogen and oxygen atoms in total. The van der Waals surface area contributed by atoms with Crippen LogP contribution in [0, 0.1) is 0 Å². The number of unbranched alkanes of at least 4 members (excludes halogenated alkanes) is 14.